The molecule has 2 nitrogen and oxygen atoms in total. The van der Waals surface area contributed by atoms with Crippen molar-refractivity contribution in [3.05, 3.63) is 33.3 Å². The molecule has 13 heavy (non-hydrogen) atoms. The Morgan fingerprint density at radius 3 is 2.54 bits per heavy atom. The predicted molar refractivity (Wildman–Crippen MR) is 56.9 cm³/mol. The van der Waals surface area contributed by atoms with Crippen molar-refractivity contribution in [1.82, 2.24) is 5.06 Å². The van der Waals surface area contributed by atoms with Crippen molar-refractivity contribution in [1.29, 1.82) is 0 Å². The Hall–Kier alpha value is -0.380. The fraction of sp³-hybridized carbons (Fsp3) is 0.400. The van der Waals surface area contributed by atoms with Crippen LogP contribution in [-0.2, 0) is 6.54 Å². The molecule has 1 aromatic carbocycles. The lowest BCUT2D eigenvalue weighted by Gasteiger charge is -2.12. The van der Waals surface area contributed by atoms with Gasteiger partial charge in [-0.1, -0.05) is 33.6 Å². The summed E-state index contributed by atoms with van der Waals surface area (Å²) in [5.41, 5.74) is 3.54. The van der Waals surface area contributed by atoms with Gasteiger partial charge >= 0.3 is 0 Å². The topological polar surface area (TPSA) is 23.5 Å². The van der Waals surface area contributed by atoms with Crippen molar-refractivity contribution in [2.24, 2.45) is 0 Å². The summed E-state index contributed by atoms with van der Waals surface area (Å²) in [6.07, 6.45) is 0. The summed E-state index contributed by atoms with van der Waals surface area (Å²) in [6.45, 7) is 4.65. The first kappa shape index (κ1) is 10.7. The number of hydrogen-bond donors (Lipinski definition) is 1. The molecule has 0 heterocycles. The first-order valence-electron chi connectivity index (χ1n) is 4.16. The highest BCUT2D eigenvalue weighted by molar-refractivity contribution is 9.10. The first-order valence-corrected chi connectivity index (χ1v) is 4.95. The zero-order valence-electron chi connectivity index (χ0n) is 8.13. The van der Waals surface area contributed by atoms with E-state index < -0.39 is 0 Å². The van der Waals surface area contributed by atoms with Crippen LogP contribution in [0.2, 0.25) is 0 Å². The molecule has 0 spiro atoms. The molecule has 0 saturated carbocycles. The predicted octanol–water partition coefficient (Wildman–Crippen LogP) is 2.89. The molecular formula is C10H14BrNO. The number of aryl methyl sites for hydroxylation is 2. The Labute approximate surface area is 87.3 Å². The highest BCUT2D eigenvalue weighted by atomic mass is 79.9. The van der Waals surface area contributed by atoms with Crippen LogP contribution in [-0.4, -0.2) is 17.3 Å². The summed E-state index contributed by atoms with van der Waals surface area (Å²) in [5.74, 6) is 0. The van der Waals surface area contributed by atoms with E-state index in [1.54, 1.807) is 7.05 Å². The Morgan fingerprint density at radius 2 is 2.00 bits per heavy atom. The number of hydroxylamine groups is 2. The zero-order chi connectivity index (χ0) is 10.0. The van der Waals surface area contributed by atoms with Gasteiger partial charge in [0.25, 0.3) is 0 Å². The molecule has 0 bridgehead atoms. The standard InChI is InChI=1S/C10H14BrNO/c1-7-4-8(2)10(11)9(5-7)6-12(3)13/h4-5,13H,6H2,1-3H3. The lowest BCUT2D eigenvalue weighted by atomic mass is 10.1. The average molecular weight is 244 g/mol. The second-order valence-electron chi connectivity index (χ2n) is 3.37. The minimum absolute atomic E-state index is 0.545. The van der Waals surface area contributed by atoms with E-state index in [-0.39, 0.29) is 0 Å². The van der Waals surface area contributed by atoms with Crippen LogP contribution in [0, 0.1) is 13.8 Å². The van der Waals surface area contributed by atoms with Gasteiger partial charge in [0.05, 0.1) is 0 Å². The Balaban J connectivity index is 3.05. The van der Waals surface area contributed by atoms with Crippen LogP contribution < -0.4 is 0 Å². The Kier molecular flexibility index (Phi) is 3.47. The van der Waals surface area contributed by atoms with Crippen LogP contribution in [0.3, 0.4) is 0 Å². The summed E-state index contributed by atoms with van der Waals surface area (Å²) in [4.78, 5) is 0. The molecule has 0 amide bonds. The largest absolute Gasteiger partial charge is 0.314 e. The van der Waals surface area contributed by atoms with Gasteiger partial charge in [-0.05, 0) is 25.0 Å². The van der Waals surface area contributed by atoms with Crippen LogP contribution in [0.15, 0.2) is 16.6 Å². The number of benzene rings is 1. The number of halogens is 1. The SMILES string of the molecule is Cc1cc(C)c(Br)c(CN(C)O)c1. The molecule has 0 unspecified atom stereocenters. The monoisotopic (exact) mass is 243 g/mol. The van der Waals surface area contributed by atoms with E-state index >= 15 is 0 Å². The number of rotatable bonds is 2. The molecule has 0 aliphatic carbocycles. The normalized spacial score (nSPS) is 10.9. The van der Waals surface area contributed by atoms with Crippen LogP contribution in [0.25, 0.3) is 0 Å². The van der Waals surface area contributed by atoms with E-state index in [4.69, 9.17) is 5.21 Å². The molecular weight excluding hydrogens is 230 g/mol. The molecule has 1 rings (SSSR count). The maximum Gasteiger partial charge on any atom is 0.0496 e. The van der Waals surface area contributed by atoms with Crippen LogP contribution in [0.1, 0.15) is 16.7 Å². The van der Waals surface area contributed by atoms with Crippen molar-refractivity contribution in [2.75, 3.05) is 7.05 Å². The third kappa shape index (κ3) is 2.79. The van der Waals surface area contributed by atoms with Crippen LogP contribution >= 0.6 is 15.9 Å². The fourth-order valence-corrected chi connectivity index (χ4v) is 1.75. The Morgan fingerprint density at radius 1 is 1.38 bits per heavy atom. The van der Waals surface area contributed by atoms with E-state index in [1.165, 1.54) is 16.2 Å². The number of hydrogen-bond acceptors (Lipinski definition) is 2. The minimum Gasteiger partial charge on any atom is -0.314 e. The summed E-state index contributed by atoms with van der Waals surface area (Å²) in [5, 5.41) is 10.3. The molecule has 3 heteroatoms. The zero-order valence-corrected chi connectivity index (χ0v) is 9.72. The smallest absolute Gasteiger partial charge is 0.0496 e. The van der Waals surface area contributed by atoms with Crippen LogP contribution in [0.5, 0.6) is 0 Å². The first-order chi connectivity index (χ1) is 6.00. The van der Waals surface area contributed by atoms with Crippen molar-refractivity contribution in [3.63, 3.8) is 0 Å². The van der Waals surface area contributed by atoms with Gasteiger partial charge in [-0.2, -0.15) is 5.06 Å². The number of nitrogens with zero attached hydrogens (tertiary/aromatic N) is 1. The van der Waals surface area contributed by atoms with E-state index in [0.717, 1.165) is 10.0 Å². The maximum atomic E-state index is 9.12. The molecule has 0 atom stereocenters. The van der Waals surface area contributed by atoms with Gasteiger partial charge in [-0.15, -0.1) is 0 Å². The van der Waals surface area contributed by atoms with Crippen molar-refractivity contribution in [2.45, 2.75) is 20.4 Å². The highest BCUT2D eigenvalue weighted by Gasteiger charge is 2.05. The third-order valence-corrected chi connectivity index (χ3v) is 3.01. The van der Waals surface area contributed by atoms with Crippen molar-refractivity contribution >= 4 is 15.9 Å². The molecule has 0 saturated heterocycles. The second kappa shape index (κ2) is 4.22. The van der Waals surface area contributed by atoms with E-state index in [1.807, 2.05) is 0 Å². The van der Waals surface area contributed by atoms with Gasteiger partial charge in [0.1, 0.15) is 0 Å². The highest BCUT2D eigenvalue weighted by Crippen LogP contribution is 2.23. The van der Waals surface area contributed by atoms with Gasteiger partial charge in [0, 0.05) is 18.1 Å². The van der Waals surface area contributed by atoms with E-state index in [0.29, 0.717) is 6.54 Å². The van der Waals surface area contributed by atoms with Gasteiger partial charge in [0.15, 0.2) is 0 Å². The molecule has 1 N–H and O–H groups in total. The van der Waals surface area contributed by atoms with Crippen molar-refractivity contribution < 1.29 is 5.21 Å². The maximum absolute atomic E-state index is 9.12. The molecule has 72 valence electrons. The molecule has 0 radical (unpaired) electrons. The molecule has 0 aliphatic heterocycles. The van der Waals surface area contributed by atoms with Gasteiger partial charge in [0.2, 0.25) is 0 Å². The van der Waals surface area contributed by atoms with Crippen molar-refractivity contribution in [3.8, 4) is 0 Å². The average Bonchev–Trinajstić information content (AvgIpc) is 1.98. The van der Waals surface area contributed by atoms with E-state index in [2.05, 4.69) is 41.9 Å². The van der Waals surface area contributed by atoms with Gasteiger partial charge in [-0.3, -0.25) is 0 Å². The fourth-order valence-electron chi connectivity index (χ4n) is 1.40. The van der Waals surface area contributed by atoms with Gasteiger partial charge < -0.3 is 5.21 Å². The minimum atomic E-state index is 0.545. The second-order valence-corrected chi connectivity index (χ2v) is 4.16. The molecule has 1 aromatic rings. The lowest BCUT2D eigenvalue weighted by Crippen LogP contribution is -2.12. The van der Waals surface area contributed by atoms with E-state index in [9.17, 15) is 0 Å². The Bertz CT molecular complexity index is 310. The summed E-state index contributed by atoms with van der Waals surface area (Å²) < 4.78 is 1.08. The summed E-state index contributed by atoms with van der Waals surface area (Å²) in [7, 11) is 1.64. The third-order valence-electron chi connectivity index (χ3n) is 1.87. The molecule has 0 aromatic heterocycles. The molecule has 0 aliphatic rings. The van der Waals surface area contributed by atoms with Crippen LogP contribution in [0.4, 0.5) is 0 Å². The lowest BCUT2D eigenvalue weighted by molar-refractivity contribution is -0.0733. The quantitative estimate of drug-likeness (QED) is 0.808. The molecule has 0 fully saturated rings. The van der Waals surface area contributed by atoms with Gasteiger partial charge in [-0.25, -0.2) is 0 Å². The summed E-state index contributed by atoms with van der Waals surface area (Å²) >= 11 is 3.51. The summed E-state index contributed by atoms with van der Waals surface area (Å²) in [6, 6.07) is 4.19.